The maximum Gasteiger partial charge on any atom is 0.257 e. The summed E-state index contributed by atoms with van der Waals surface area (Å²) >= 11 is 0. The molecule has 1 amide bonds. The number of ether oxygens (including phenoxy) is 2. The van der Waals surface area contributed by atoms with Gasteiger partial charge < -0.3 is 18.9 Å². The van der Waals surface area contributed by atoms with Crippen molar-refractivity contribution in [2.45, 2.75) is 37.8 Å². The van der Waals surface area contributed by atoms with E-state index in [0.29, 0.717) is 35.8 Å². The van der Waals surface area contributed by atoms with E-state index in [2.05, 4.69) is 4.57 Å². The van der Waals surface area contributed by atoms with Crippen LogP contribution >= 0.6 is 0 Å². The molecule has 2 saturated carbocycles. The van der Waals surface area contributed by atoms with Gasteiger partial charge in [0, 0.05) is 54.0 Å². The summed E-state index contributed by atoms with van der Waals surface area (Å²) in [6, 6.07) is 13.0. The highest BCUT2D eigenvalue weighted by Crippen LogP contribution is 2.55. The average molecular weight is 465 g/mol. The summed E-state index contributed by atoms with van der Waals surface area (Å²) in [5.41, 5.74) is 1.87. The molecule has 2 aromatic carbocycles. The van der Waals surface area contributed by atoms with Crippen molar-refractivity contribution in [2.75, 3.05) is 20.2 Å². The van der Waals surface area contributed by atoms with Crippen LogP contribution in [-0.4, -0.2) is 41.7 Å². The van der Waals surface area contributed by atoms with Crippen LogP contribution in [0.5, 0.6) is 11.6 Å². The lowest BCUT2D eigenvalue weighted by molar-refractivity contribution is -0.0722. The van der Waals surface area contributed by atoms with E-state index in [9.17, 15) is 13.6 Å². The number of methoxy groups -OCH3 is 1. The summed E-state index contributed by atoms with van der Waals surface area (Å²) < 4.78 is 41.4. The molecule has 0 atom stereocenters. The van der Waals surface area contributed by atoms with Gasteiger partial charge in [0.1, 0.15) is 17.4 Å². The topological polar surface area (TPSA) is 43.7 Å². The molecule has 3 aromatic rings. The molecule has 1 aromatic heterocycles. The van der Waals surface area contributed by atoms with Crippen molar-refractivity contribution in [3.05, 3.63) is 71.9 Å². The Bertz CT molecular complexity index is 1250. The van der Waals surface area contributed by atoms with E-state index in [1.54, 1.807) is 19.2 Å². The summed E-state index contributed by atoms with van der Waals surface area (Å²) in [7, 11) is 1.62. The Labute approximate surface area is 196 Å². The van der Waals surface area contributed by atoms with Gasteiger partial charge in [-0.15, -0.1) is 0 Å². The second kappa shape index (κ2) is 7.86. The molecule has 2 aliphatic carbocycles. The highest BCUT2D eigenvalue weighted by Gasteiger charge is 2.54. The molecule has 0 N–H and O–H groups in total. The van der Waals surface area contributed by atoms with Gasteiger partial charge in [-0.25, -0.2) is 8.78 Å². The van der Waals surface area contributed by atoms with Gasteiger partial charge in [0.15, 0.2) is 5.88 Å². The van der Waals surface area contributed by atoms with Crippen molar-refractivity contribution in [3.8, 4) is 22.8 Å². The minimum Gasteiger partial charge on any atom is -0.489 e. The van der Waals surface area contributed by atoms with Gasteiger partial charge in [0.2, 0.25) is 0 Å². The van der Waals surface area contributed by atoms with E-state index in [0.717, 1.165) is 31.2 Å². The number of carbonyl (C=O) groups excluding carboxylic acids is 1. The number of halogens is 2. The minimum absolute atomic E-state index is 0.0886. The van der Waals surface area contributed by atoms with Crippen molar-refractivity contribution in [1.82, 2.24) is 9.47 Å². The number of benzene rings is 2. The van der Waals surface area contributed by atoms with Crippen LogP contribution in [0.15, 0.2) is 54.7 Å². The van der Waals surface area contributed by atoms with Crippen LogP contribution in [0.4, 0.5) is 8.78 Å². The van der Waals surface area contributed by atoms with Gasteiger partial charge in [-0.3, -0.25) is 4.79 Å². The van der Waals surface area contributed by atoms with Crippen LogP contribution in [0, 0.1) is 17.0 Å². The van der Waals surface area contributed by atoms with E-state index >= 15 is 0 Å². The Balaban J connectivity index is 1.13. The number of hydrogen-bond acceptors (Lipinski definition) is 3. The van der Waals surface area contributed by atoms with Crippen LogP contribution in [-0.2, 0) is 0 Å². The first kappa shape index (κ1) is 21.2. The van der Waals surface area contributed by atoms with E-state index in [-0.39, 0.29) is 29.3 Å². The summed E-state index contributed by atoms with van der Waals surface area (Å²) in [6.07, 6.45) is 5.78. The predicted octanol–water partition coefficient (Wildman–Crippen LogP) is 5.46. The third kappa shape index (κ3) is 3.63. The number of carbonyl (C=O) groups is 1. The van der Waals surface area contributed by atoms with E-state index in [1.807, 2.05) is 23.2 Å². The third-order valence-electron chi connectivity index (χ3n) is 7.27. The first-order chi connectivity index (χ1) is 16.4. The van der Waals surface area contributed by atoms with Gasteiger partial charge in [0.05, 0.1) is 18.8 Å². The molecule has 7 heteroatoms. The lowest BCUT2D eigenvalue weighted by atomic mass is 9.60. The molecule has 0 radical (unpaired) electrons. The van der Waals surface area contributed by atoms with Crippen molar-refractivity contribution in [1.29, 1.82) is 0 Å². The van der Waals surface area contributed by atoms with Crippen molar-refractivity contribution in [3.63, 3.8) is 0 Å². The highest BCUT2D eigenvalue weighted by atomic mass is 19.1. The fraction of sp³-hybridized carbons (Fsp3) is 0.370. The Hall–Kier alpha value is -3.35. The quantitative estimate of drug-likeness (QED) is 0.487. The van der Waals surface area contributed by atoms with Crippen molar-refractivity contribution < 1.29 is 23.0 Å². The lowest BCUT2D eigenvalue weighted by Gasteiger charge is -2.59. The summed E-state index contributed by atoms with van der Waals surface area (Å²) in [5.74, 6) is 0.289. The van der Waals surface area contributed by atoms with Crippen molar-refractivity contribution in [2.24, 2.45) is 5.41 Å². The Morgan fingerprint density at radius 3 is 2.53 bits per heavy atom. The van der Waals surface area contributed by atoms with E-state index < -0.39 is 5.82 Å². The van der Waals surface area contributed by atoms with E-state index in [4.69, 9.17) is 9.47 Å². The van der Waals surface area contributed by atoms with Crippen LogP contribution in [0.25, 0.3) is 11.1 Å². The fourth-order valence-electron chi connectivity index (χ4n) is 5.36. The largest absolute Gasteiger partial charge is 0.489 e. The smallest absolute Gasteiger partial charge is 0.257 e. The van der Waals surface area contributed by atoms with Crippen LogP contribution in [0.2, 0.25) is 0 Å². The number of amides is 1. The Kier molecular flexibility index (Phi) is 4.90. The molecular weight excluding hydrogens is 438 g/mol. The predicted molar refractivity (Wildman–Crippen MR) is 123 cm³/mol. The molecular formula is C27H26F2N2O3. The van der Waals surface area contributed by atoms with Crippen LogP contribution < -0.4 is 9.47 Å². The zero-order valence-electron chi connectivity index (χ0n) is 19.0. The standard InChI is InChI=1S/C27H26F2N2O3/c1-33-25-10-17(21-4-2-3-5-23(21)29)14-31(25)19-12-27(13-19)15-30(16-27)26(32)22-9-6-18(28)11-24(22)34-20-7-8-20/h2-6,9-11,14,19-20H,7-8,12-13,15-16H2,1H3. The van der Waals surface area contributed by atoms with Crippen LogP contribution in [0.1, 0.15) is 42.1 Å². The number of aromatic nitrogens is 1. The maximum absolute atomic E-state index is 14.3. The Morgan fingerprint density at radius 1 is 1.06 bits per heavy atom. The first-order valence-electron chi connectivity index (χ1n) is 11.7. The second-order valence-corrected chi connectivity index (χ2v) is 9.84. The monoisotopic (exact) mass is 464 g/mol. The molecule has 0 bridgehead atoms. The van der Waals surface area contributed by atoms with Gasteiger partial charge in [-0.05, 0) is 43.9 Å². The van der Waals surface area contributed by atoms with Gasteiger partial charge in [-0.1, -0.05) is 18.2 Å². The minimum atomic E-state index is -0.399. The highest BCUT2D eigenvalue weighted by molar-refractivity contribution is 5.97. The molecule has 3 aliphatic rings. The van der Waals surface area contributed by atoms with Gasteiger partial charge >= 0.3 is 0 Å². The molecule has 2 heterocycles. The van der Waals surface area contributed by atoms with Crippen molar-refractivity contribution >= 4 is 5.91 Å². The lowest BCUT2D eigenvalue weighted by Crippen LogP contribution is -2.63. The summed E-state index contributed by atoms with van der Waals surface area (Å²) in [5, 5.41) is 0. The number of hydrogen-bond donors (Lipinski definition) is 0. The molecule has 176 valence electrons. The normalized spacial score (nSPS) is 19.0. The number of rotatable bonds is 6. The molecule has 34 heavy (non-hydrogen) atoms. The zero-order valence-corrected chi connectivity index (χ0v) is 19.0. The molecule has 1 spiro atoms. The van der Waals surface area contributed by atoms with Crippen LogP contribution in [0.3, 0.4) is 0 Å². The van der Waals surface area contributed by atoms with E-state index in [1.165, 1.54) is 24.3 Å². The molecule has 6 rings (SSSR count). The molecule has 3 fully saturated rings. The molecule has 1 aliphatic heterocycles. The first-order valence-corrected chi connectivity index (χ1v) is 11.7. The second-order valence-electron chi connectivity index (χ2n) is 9.84. The van der Waals surface area contributed by atoms with Gasteiger partial charge in [-0.2, -0.15) is 0 Å². The number of nitrogens with zero attached hydrogens (tertiary/aromatic N) is 2. The van der Waals surface area contributed by atoms with Gasteiger partial charge in [0.25, 0.3) is 5.91 Å². The fourth-order valence-corrected chi connectivity index (χ4v) is 5.36. The molecule has 5 nitrogen and oxygen atoms in total. The third-order valence-corrected chi connectivity index (χ3v) is 7.27. The zero-order chi connectivity index (χ0) is 23.4. The Morgan fingerprint density at radius 2 is 1.82 bits per heavy atom. The number of likely N-dealkylation sites (tertiary alicyclic amines) is 1. The maximum atomic E-state index is 14.3. The molecule has 1 saturated heterocycles. The molecule has 0 unspecified atom stereocenters. The average Bonchev–Trinajstić information content (AvgIpc) is 3.48. The summed E-state index contributed by atoms with van der Waals surface area (Å²) in [6.45, 7) is 1.35. The SMILES string of the molecule is COc1cc(-c2ccccc2F)cn1C1CC2(C1)CN(C(=O)c1ccc(F)cc1OC1CC1)C2. The summed E-state index contributed by atoms with van der Waals surface area (Å²) in [4.78, 5) is 14.9.